The highest BCUT2D eigenvalue weighted by Gasteiger charge is 2.27. The molecule has 0 saturated heterocycles. The minimum Gasteiger partial charge on any atom is -0.462 e. The van der Waals surface area contributed by atoms with Gasteiger partial charge in [-0.1, -0.05) is 256 Å². The van der Waals surface area contributed by atoms with E-state index in [4.69, 9.17) is 18.5 Å². The fourth-order valence-electron chi connectivity index (χ4n) is 9.04. The number of carbonyl (C=O) groups excluding carboxylic acids is 2. The third kappa shape index (κ3) is 59.3. The molecule has 73 heavy (non-hydrogen) atoms. The molecule has 0 radical (unpaired) electrons. The van der Waals surface area contributed by atoms with E-state index in [1.165, 1.54) is 231 Å². The number of unbranched alkanes of at least 4 members (excludes halogenated alkanes) is 38. The Morgan fingerprint density at radius 3 is 1.10 bits per heavy atom. The normalized spacial score (nSPS) is 13.5. The Labute approximate surface area is 452 Å². The van der Waals surface area contributed by atoms with Crippen LogP contribution in [-0.4, -0.2) is 74.9 Å². The van der Waals surface area contributed by atoms with Crippen molar-refractivity contribution in [2.45, 2.75) is 309 Å². The highest BCUT2D eigenvalue weighted by atomic mass is 31.2. The van der Waals surface area contributed by atoms with Gasteiger partial charge in [-0.05, 0) is 70.6 Å². The molecule has 0 rings (SSSR count). The number of likely N-dealkylation sites (N-methyl/N-ethyl adjacent to an activating group) is 1. The number of hydrogen-bond acceptors (Lipinski definition) is 7. The number of rotatable bonds is 58. The molecule has 0 heterocycles. The molecule has 10 heteroatoms. The molecule has 9 nitrogen and oxygen atoms in total. The van der Waals surface area contributed by atoms with Crippen molar-refractivity contribution in [3.8, 4) is 0 Å². The Bertz CT molecular complexity index is 1330. The van der Waals surface area contributed by atoms with Crippen molar-refractivity contribution in [3.63, 3.8) is 0 Å². The van der Waals surface area contributed by atoms with Gasteiger partial charge in [0.15, 0.2) is 6.10 Å². The molecule has 1 N–H and O–H groups in total. The quantitative estimate of drug-likeness (QED) is 0.0211. The second kappa shape index (κ2) is 55.0. The summed E-state index contributed by atoms with van der Waals surface area (Å²) < 4.78 is 34.6. The first-order valence-corrected chi connectivity index (χ1v) is 32.7. The summed E-state index contributed by atoms with van der Waals surface area (Å²) >= 11 is 0. The van der Waals surface area contributed by atoms with Crippen molar-refractivity contribution in [3.05, 3.63) is 36.5 Å². The minimum absolute atomic E-state index is 0.0329. The van der Waals surface area contributed by atoms with Crippen molar-refractivity contribution in [2.24, 2.45) is 0 Å². The van der Waals surface area contributed by atoms with Gasteiger partial charge in [0.2, 0.25) is 0 Å². The van der Waals surface area contributed by atoms with E-state index in [-0.39, 0.29) is 32.0 Å². The summed E-state index contributed by atoms with van der Waals surface area (Å²) in [6, 6.07) is 0. The average Bonchev–Trinajstić information content (AvgIpc) is 3.35. The number of hydrogen-bond donors (Lipinski definition) is 1. The molecule has 0 aliphatic rings. The zero-order valence-electron chi connectivity index (χ0n) is 48.9. The Morgan fingerprint density at radius 2 is 0.740 bits per heavy atom. The standard InChI is InChI=1S/C63H120NO8P/c1-6-8-10-12-14-16-18-20-22-24-26-27-28-29-30-31-32-33-34-35-36-37-38-40-42-44-46-48-50-52-54-56-63(66)72-61(60-71-73(67,68)70-58-57-64(3,4)5)59-69-62(65)55-53-51-49-47-45-43-41-39-25-23-21-19-17-15-13-11-9-7-2/h18,20,23-26,61H,6-17,19,21-22,27-60H2,1-5H3/p+1/b20-18-,25-23-,26-24-. The number of allylic oxidation sites excluding steroid dienone is 6. The van der Waals surface area contributed by atoms with E-state index in [0.29, 0.717) is 17.4 Å². The molecule has 0 aliphatic carbocycles. The minimum atomic E-state index is -4.38. The number of quaternary nitrogens is 1. The predicted octanol–water partition coefficient (Wildman–Crippen LogP) is 19.5. The van der Waals surface area contributed by atoms with Crippen LogP contribution in [0.4, 0.5) is 0 Å². The fraction of sp³-hybridized carbons (Fsp3) is 0.873. The zero-order valence-corrected chi connectivity index (χ0v) is 49.8. The number of phosphoric acid groups is 1. The smallest absolute Gasteiger partial charge is 0.462 e. The molecule has 0 fully saturated rings. The topological polar surface area (TPSA) is 108 Å². The second-order valence-corrected chi connectivity index (χ2v) is 23.9. The van der Waals surface area contributed by atoms with Crippen LogP contribution in [0.2, 0.25) is 0 Å². The lowest BCUT2D eigenvalue weighted by Crippen LogP contribution is -2.37. The predicted molar refractivity (Wildman–Crippen MR) is 312 cm³/mol. The number of carbonyl (C=O) groups is 2. The lowest BCUT2D eigenvalue weighted by Gasteiger charge is -2.24. The molecule has 0 spiro atoms. The molecule has 430 valence electrons. The maximum Gasteiger partial charge on any atom is 0.472 e. The largest absolute Gasteiger partial charge is 0.472 e. The SMILES string of the molecule is CCCCCCC/C=C\C/C=C\CCCCCCCCCCCCCCCCCCCCCC(=O)OC(COC(=O)CCCCCCCCC/C=C\CCCCCCCCC)COP(=O)(O)OCC[N+](C)(C)C. The first kappa shape index (κ1) is 71.2. The monoisotopic (exact) mass is 1050 g/mol. The van der Waals surface area contributed by atoms with E-state index >= 15 is 0 Å². The van der Waals surface area contributed by atoms with Crippen LogP contribution < -0.4 is 0 Å². The van der Waals surface area contributed by atoms with Gasteiger partial charge in [-0.15, -0.1) is 0 Å². The van der Waals surface area contributed by atoms with Gasteiger partial charge in [0.05, 0.1) is 27.7 Å². The lowest BCUT2D eigenvalue weighted by molar-refractivity contribution is -0.870. The third-order valence-electron chi connectivity index (χ3n) is 13.9. The van der Waals surface area contributed by atoms with Crippen LogP contribution in [0.5, 0.6) is 0 Å². The first-order chi connectivity index (χ1) is 35.5. The van der Waals surface area contributed by atoms with Gasteiger partial charge in [-0.3, -0.25) is 18.6 Å². The van der Waals surface area contributed by atoms with Crippen LogP contribution in [0, 0.1) is 0 Å². The molecule has 0 aliphatic heterocycles. The molecular weight excluding hydrogens is 930 g/mol. The van der Waals surface area contributed by atoms with Crippen molar-refractivity contribution < 1.29 is 42.1 Å². The summed E-state index contributed by atoms with van der Waals surface area (Å²) in [5.41, 5.74) is 0. The molecule has 2 atom stereocenters. The van der Waals surface area contributed by atoms with Gasteiger partial charge in [-0.2, -0.15) is 0 Å². The summed E-state index contributed by atoms with van der Waals surface area (Å²) in [5, 5.41) is 0. The third-order valence-corrected chi connectivity index (χ3v) is 14.9. The van der Waals surface area contributed by atoms with Gasteiger partial charge < -0.3 is 18.9 Å². The number of esters is 2. The number of nitrogens with zero attached hydrogens (tertiary/aromatic N) is 1. The molecule has 0 aromatic carbocycles. The Kier molecular flexibility index (Phi) is 53.7. The van der Waals surface area contributed by atoms with Gasteiger partial charge in [-0.25, -0.2) is 4.57 Å². The molecule has 0 aromatic heterocycles. The lowest BCUT2D eigenvalue weighted by atomic mass is 10.0. The van der Waals surface area contributed by atoms with Crippen LogP contribution >= 0.6 is 7.82 Å². The zero-order chi connectivity index (χ0) is 53.5. The Morgan fingerprint density at radius 1 is 0.425 bits per heavy atom. The highest BCUT2D eigenvalue weighted by Crippen LogP contribution is 2.43. The van der Waals surface area contributed by atoms with Gasteiger partial charge in [0.1, 0.15) is 19.8 Å². The second-order valence-electron chi connectivity index (χ2n) is 22.4. The summed E-state index contributed by atoms with van der Waals surface area (Å²) in [7, 11) is 1.49. The molecular formula is C63H121NO8P+. The Balaban J connectivity index is 4.04. The summed E-state index contributed by atoms with van der Waals surface area (Å²) in [4.78, 5) is 35.7. The van der Waals surface area contributed by atoms with Gasteiger partial charge >= 0.3 is 19.8 Å². The van der Waals surface area contributed by atoms with E-state index in [9.17, 15) is 19.0 Å². The molecule has 0 amide bonds. The number of phosphoric ester groups is 1. The summed E-state index contributed by atoms with van der Waals surface area (Å²) in [5.74, 6) is -0.788. The Hall–Kier alpha value is -1.77. The van der Waals surface area contributed by atoms with Gasteiger partial charge in [0.25, 0.3) is 0 Å². The van der Waals surface area contributed by atoms with E-state index in [1.807, 2.05) is 21.1 Å². The maximum atomic E-state index is 12.8. The fourth-order valence-corrected chi connectivity index (χ4v) is 9.78. The van der Waals surface area contributed by atoms with Crippen LogP contribution in [0.1, 0.15) is 303 Å². The highest BCUT2D eigenvalue weighted by molar-refractivity contribution is 7.47. The number of ether oxygens (including phenoxy) is 2. The molecule has 0 saturated carbocycles. The van der Waals surface area contributed by atoms with E-state index in [0.717, 1.165) is 38.5 Å². The average molecular weight is 1050 g/mol. The van der Waals surface area contributed by atoms with Crippen molar-refractivity contribution in [2.75, 3.05) is 47.5 Å². The van der Waals surface area contributed by atoms with E-state index in [1.54, 1.807) is 0 Å². The van der Waals surface area contributed by atoms with Gasteiger partial charge in [0, 0.05) is 12.8 Å². The maximum absolute atomic E-state index is 12.8. The molecule has 2 unspecified atom stereocenters. The summed E-state index contributed by atoms with van der Waals surface area (Å²) in [6.07, 6.45) is 68.0. The van der Waals surface area contributed by atoms with Crippen LogP contribution in [0.25, 0.3) is 0 Å². The van der Waals surface area contributed by atoms with Crippen molar-refractivity contribution in [1.29, 1.82) is 0 Å². The van der Waals surface area contributed by atoms with Crippen molar-refractivity contribution in [1.82, 2.24) is 0 Å². The molecule has 0 aromatic rings. The molecule has 0 bridgehead atoms. The summed E-state index contributed by atoms with van der Waals surface area (Å²) in [6.45, 7) is 4.46. The van der Waals surface area contributed by atoms with E-state index < -0.39 is 26.5 Å². The van der Waals surface area contributed by atoms with Crippen LogP contribution in [0.15, 0.2) is 36.5 Å². The van der Waals surface area contributed by atoms with Crippen molar-refractivity contribution >= 4 is 19.8 Å². The van der Waals surface area contributed by atoms with E-state index in [2.05, 4.69) is 50.3 Å². The first-order valence-electron chi connectivity index (χ1n) is 31.2. The van der Waals surface area contributed by atoms with Crippen LogP contribution in [-0.2, 0) is 32.7 Å². The van der Waals surface area contributed by atoms with Crippen LogP contribution in [0.3, 0.4) is 0 Å².